The molecule has 0 amide bonds. The molecule has 0 spiro atoms. The van der Waals surface area contributed by atoms with E-state index in [1.807, 2.05) is 36.4 Å². The number of benzene rings is 2. The molecule has 0 aliphatic rings. The lowest BCUT2D eigenvalue weighted by atomic mass is 10.1. The van der Waals surface area contributed by atoms with Crippen molar-refractivity contribution in [3.8, 4) is 5.75 Å². The zero-order valence-electron chi connectivity index (χ0n) is 12.5. The largest absolute Gasteiger partial charge is 0.424 e. The zero-order chi connectivity index (χ0) is 16.2. The molecule has 3 rings (SSSR count). The van der Waals surface area contributed by atoms with Gasteiger partial charge in [-0.1, -0.05) is 36.4 Å². The number of esters is 1. The van der Waals surface area contributed by atoms with Crippen molar-refractivity contribution in [2.24, 2.45) is 0 Å². The monoisotopic (exact) mass is 307 g/mol. The molecular formula is C19H14FNO2. The summed E-state index contributed by atoms with van der Waals surface area (Å²) in [5.41, 5.74) is 2.23. The van der Waals surface area contributed by atoms with Crippen LogP contribution in [0.4, 0.5) is 4.39 Å². The molecule has 3 nitrogen and oxygen atoms in total. The minimum Gasteiger partial charge on any atom is -0.424 e. The summed E-state index contributed by atoms with van der Waals surface area (Å²) in [7, 11) is 0. The summed E-state index contributed by atoms with van der Waals surface area (Å²) in [6.45, 7) is 1.36. The van der Waals surface area contributed by atoms with Crippen LogP contribution >= 0.6 is 0 Å². The van der Waals surface area contributed by atoms with Crippen molar-refractivity contribution in [2.75, 3.05) is 0 Å². The van der Waals surface area contributed by atoms with E-state index >= 15 is 0 Å². The summed E-state index contributed by atoms with van der Waals surface area (Å²) < 4.78 is 18.1. The summed E-state index contributed by atoms with van der Waals surface area (Å²) in [5.74, 6) is -0.212. The molecule has 0 saturated carbocycles. The Morgan fingerprint density at radius 3 is 2.57 bits per heavy atom. The quantitative estimate of drug-likeness (QED) is 0.529. The fourth-order valence-electron chi connectivity index (χ4n) is 2.22. The van der Waals surface area contributed by atoms with E-state index in [1.54, 1.807) is 18.2 Å². The summed E-state index contributed by atoms with van der Waals surface area (Å²) in [5, 5.41) is 0.891. The molecule has 4 heteroatoms. The highest BCUT2D eigenvalue weighted by Crippen LogP contribution is 2.24. The Morgan fingerprint density at radius 2 is 1.83 bits per heavy atom. The van der Waals surface area contributed by atoms with Gasteiger partial charge in [0.15, 0.2) is 5.75 Å². The third kappa shape index (κ3) is 3.61. The molecule has 0 aliphatic heterocycles. The molecule has 0 saturated heterocycles. The molecule has 3 aromatic rings. The number of hydrogen-bond donors (Lipinski definition) is 0. The van der Waals surface area contributed by atoms with Gasteiger partial charge in [-0.3, -0.25) is 4.79 Å². The highest BCUT2D eigenvalue weighted by Gasteiger charge is 2.06. The van der Waals surface area contributed by atoms with E-state index in [1.165, 1.54) is 19.1 Å². The van der Waals surface area contributed by atoms with Crippen LogP contribution in [0.3, 0.4) is 0 Å². The predicted octanol–water partition coefficient (Wildman–Crippen LogP) is 4.47. The molecule has 1 heterocycles. The number of pyridine rings is 1. The van der Waals surface area contributed by atoms with E-state index < -0.39 is 0 Å². The van der Waals surface area contributed by atoms with Gasteiger partial charge in [-0.15, -0.1) is 0 Å². The van der Waals surface area contributed by atoms with E-state index in [9.17, 15) is 9.18 Å². The number of carbonyl (C=O) groups is 1. The lowest BCUT2D eigenvalue weighted by molar-refractivity contribution is -0.131. The van der Waals surface area contributed by atoms with E-state index in [2.05, 4.69) is 4.98 Å². The second-order valence-corrected chi connectivity index (χ2v) is 5.04. The van der Waals surface area contributed by atoms with Gasteiger partial charge in [0.1, 0.15) is 11.3 Å². The third-order valence-corrected chi connectivity index (χ3v) is 3.28. The molecule has 0 radical (unpaired) electrons. The number of fused-ring (bicyclic) bond motifs is 1. The number of carbonyl (C=O) groups excluding carboxylic acids is 1. The molecule has 0 unspecified atom stereocenters. The second kappa shape index (κ2) is 6.40. The first-order valence-corrected chi connectivity index (χ1v) is 7.14. The van der Waals surface area contributed by atoms with Gasteiger partial charge in [-0.2, -0.15) is 0 Å². The van der Waals surface area contributed by atoms with E-state index in [4.69, 9.17) is 4.74 Å². The van der Waals surface area contributed by atoms with E-state index in [-0.39, 0.29) is 11.8 Å². The number of rotatable bonds is 3. The van der Waals surface area contributed by atoms with Gasteiger partial charge in [0, 0.05) is 12.3 Å². The molecule has 0 bridgehead atoms. The Morgan fingerprint density at radius 1 is 1.04 bits per heavy atom. The topological polar surface area (TPSA) is 39.2 Å². The summed E-state index contributed by atoms with van der Waals surface area (Å²) in [4.78, 5) is 15.7. The Hall–Kier alpha value is -3.01. The Labute approximate surface area is 133 Å². The van der Waals surface area contributed by atoms with Gasteiger partial charge in [0.25, 0.3) is 0 Å². The van der Waals surface area contributed by atoms with Crippen LogP contribution in [-0.2, 0) is 4.79 Å². The average Bonchev–Trinajstić information content (AvgIpc) is 2.54. The van der Waals surface area contributed by atoms with Crippen molar-refractivity contribution in [1.29, 1.82) is 0 Å². The Balaban J connectivity index is 1.95. The smallest absolute Gasteiger partial charge is 0.308 e. The lowest BCUT2D eigenvalue weighted by Crippen LogP contribution is -2.02. The summed E-state index contributed by atoms with van der Waals surface area (Å²) in [6.07, 6.45) is 3.68. The van der Waals surface area contributed by atoms with E-state index in [0.29, 0.717) is 11.3 Å². The van der Waals surface area contributed by atoms with Crippen LogP contribution in [0.25, 0.3) is 23.1 Å². The van der Waals surface area contributed by atoms with Crippen LogP contribution in [0, 0.1) is 5.82 Å². The van der Waals surface area contributed by atoms with Crippen molar-refractivity contribution in [2.45, 2.75) is 6.92 Å². The molecule has 0 aliphatic carbocycles. The lowest BCUT2D eigenvalue weighted by Gasteiger charge is -2.06. The molecule has 0 N–H and O–H groups in total. The molecule has 1 aromatic heterocycles. The first-order chi connectivity index (χ1) is 11.1. The maximum Gasteiger partial charge on any atom is 0.308 e. The fraction of sp³-hybridized carbons (Fsp3) is 0.0526. The van der Waals surface area contributed by atoms with Gasteiger partial charge < -0.3 is 4.74 Å². The molecule has 0 atom stereocenters. The highest BCUT2D eigenvalue weighted by atomic mass is 19.1. The minimum atomic E-state index is -0.383. The fourth-order valence-corrected chi connectivity index (χ4v) is 2.22. The number of nitrogens with zero attached hydrogens (tertiary/aromatic N) is 1. The molecular weight excluding hydrogens is 293 g/mol. The molecule has 2 aromatic carbocycles. The predicted molar refractivity (Wildman–Crippen MR) is 88.4 cm³/mol. The Bertz CT molecular complexity index is 886. The van der Waals surface area contributed by atoms with Gasteiger partial charge >= 0.3 is 5.97 Å². The highest BCUT2D eigenvalue weighted by molar-refractivity contribution is 5.88. The first-order valence-electron chi connectivity index (χ1n) is 7.14. The number of para-hydroxylation sites is 1. The third-order valence-electron chi connectivity index (χ3n) is 3.28. The van der Waals surface area contributed by atoms with Crippen molar-refractivity contribution < 1.29 is 13.9 Å². The van der Waals surface area contributed by atoms with Crippen LogP contribution in [0.5, 0.6) is 5.75 Å². The average molecular weight is 307 g/mol. The van der Waals surface area contributed by atoms with Crippen LogP contribution in [0.1, 0.15) is 18.2 Å². The normalized spacial score (nSPS) is 11.0. The standard InChI is InChI=1S/C19H14FNO2/c1-13(22)23-18-4-2-3-15-8-12-17(21-19(15)18)11-7-14-5-9-16(20)10-6-14/h2-12H,1H3/b11-7+. The number of aromatic nitrogens is 1. The van der Waals surface area contributed by atoms with Gasteiger partial charge in [-0.25, -0.2) is 9.37 Å². The van der Waals surface area contributed by atoms with Gasteiger partial charge in [0.2, 0.25) is 0 Å². The Kier molecular flexibility index (Phi) is 4.15. The minimum absolute atomic E-state index is 0.267. The van der Waals surface area contributed by atoms with Gasteiger partial charge in [0.05, 0.1) is 5.69 Å². The van der Waals surface area contributed by atoms with Crippen LogP contribution in [-0.4, -0.2) is 11.0 Å². The van der Waals surface area contributed by atoms with E-state index in [0.717, 1.165) is 16.6 Å². The zero-order valence-corrected chi connectivity index (χ0v) is 12.5. The number of halogens is 1. The maximum absolute atomic E-state index is 12.9. The molecule has 114 valence electrons. The summed E-state index contributed by atoms with van der Waals surface area (Å²) in [6, 6.07) is 15.4. The van der Waals surface area contributed by atoms with Crippen LogP contribution in [0.2, 0.25) is 0 Å². The van der Waals surface area contributed by atoms with Crippen molar-refractivity contribution >= 4 is 29.0 Å². The number of hydrogen-bond acceptors (Lipinski definition) is 3. The SMILES string of the molecule is CC(=O)Oc1cccc2ccc(/C=C/c3ccc(F)cc3)nc12. The van der Waals surface area contributed by atoms with Crippen molar-refractivity contribution in [1.82, 2.24) is 4.98 Å². The maximum atomic E-state index is 12.9. The van der Waals surface area contributed by atoms with Crippen LogP contribution in [0.15, 0.2) is 54.6 Å². The number of ether oxygens (including phenoxy) is 1. The molecule has 23 heavy (non-hydrogen) atoms. The van der Waals surface area contributed by atoms with Crippen molar-refractivity contribution in [3.05, 3.63) is 71.7 Å². The van der Waals surface area contributed by atoms with Gasteiger partial charge in [-0.05, 0) is 35.9 Å². The second-order valence-electron chi connectivity index (χ2n) is 5.04. The molecule has 0 fully saturated rings. The first kappa shape index (κ1) is 14.9. The van der Waals surface area contributed by atoms with Crippen molar-refractivity contribution in [3.63, 3.8) is 0 Å². The van der Waals surface area contributed by atoms with Crippen LogP contribution < -0.4 is 4.74 Å². The summed E-state index contributed by atoms with van der Waals surface area (Å²) >= 11 is 0.